The fraction of sp³-hybridized carbons (Fsp3) is 0.308. The molecule has 2 heterocycles. The summed E-state index contributed by atoms with van der Waals surface area (Å²) in [7, 11) is 2.84. The monoisotopic (exact) mass is 289 g/mol. The topological polar surface area (TPSA) is 99.0 Å². The molecule has 0 saturated heterocycles. The van der Waals surface area contributed by atoms with Crippen molar-refractivity contribution in [3.63, 3.8) is 0 Å². The van der Waals surface area contributed by atoms with Crippen LogP contribution in [0.15, 0.2) is 24.5 Å². The van der Waals surface area contributed by atoms with Crippen molar-refractivity contribution in [3.05, 3.63) is 30.2 Å². The summed E-state index contributed by atoms with van der Waals surface area (Å²) in [6, 6.07) is 3.48. The Bertz CT molecular complexity index is 639. The second-order valence-electron chi connectivity index (χ2n) is 4.16. The van der Waals surface area contributed by atoms with E-state index in [2.05, 4.69) is 20.6 Å². The Hall–Kier alpha value is -2.77. The fourth-order valence-corrected chi connectivity index (χ4v) is 1.83. The molecule has 1 N–H and O–H groups in total. The molecular weight excluding hydrogens is 274 g/mol. The standard InChI is InChI=1S/C13H15N5O3/c1-14-10(19)5-8-18-12(9-3-6-15-7-4-9)11(16-17-18)13(20)21-2/h3-4,6-7H,5,8H2,1-2H3,(H,14,19). The first-order chi connectivity index (χ1) is 10.2. The van der Waals surface area contributed by atoms with Crippen molar-refractivity contribution in [2.75, 3.05) is 14.2 Å². The van der Waals surface area contributed by atoms with Crippen molar-refractivity contribution < 1.29 is 14.3 Å². The number of methoxy groups -OCH3 is 1. The van der Waals surface area contributed by atoms with E-state index in [0.29, 0.717) is 12.2 Å². The van der Waals surface area contributed by atoms with Gasteiger partial charge in [-0.25, -0.2) is 9.48 Å². The van der Waals surface area contributed by atoms with Gasteiger partial charge < -0.3 is 10.1 Å². The summed E-state index contributed by atoms with van der Waals surface area (Å²) < 4.78 is 6.22. The Morgan fingerprint density at radius 2 is 2.05 bits per heavy atom. The van der Waals surface area contributed by atoms with Crippen LogP contribution in [0.3, 0.4) is 0 Å². The number of esters is 1. The van der Waals surface area contributed by atoms with Crippen molar-refractivity contribution in [2.45, 2.75) is 13.0 Å². The molecule has 0 aliphatic rings. The number of amides is 1. The number of hydrogen-bond acceptors (Lipinski definition) is 6. The average molecular weight is 289 g/mol. The lowest BCUT2D eigenvalue weighted by molar-refractivity contribution is -0.120. The number of aryl methyl sites for hydroxylation is 1. The lowest BCUT2D eigenvalue weighted by Crippen LogP contribution is -2.20. The number of ether oxygens (including phenoxy) is 1. The van der Waals surface area contributed by atoms with E-state index in [9.17, 15) is 9.59 Å². The molecule has 0 saturated carbocycles. The van der Waals surface area contributed by atoms with Crippen LogP contribution < -0.4 is 5.32 Å². The molecule has 1 amide bonds. The van der Waals surface area contributed by atoms with Gasteiger partial charge in [0.15, 0.2) is 5.69 Å². The lowest BCUT2D eigenvalue weighted by atomic mass is 10.1. The first-order valence-electron chi connectivity index (χ1n) is 6.30. The van der Waals surface area contributed by atoms with Crippen LogP contribution in [-0.4, -0.2) is 46.0 Å². The highest BCUT2D eigenvalue weighted by Crippen LogP contribution is 2.22. The molecule has 0 radical (unpaired) electrons. The van der Waals surface area contributed by atoms with Gasteiger partial charge >= 0.3 is 5.97 Å². The Balaban J connectivity index is 2.39. The molecule has 0 atom stereocenters. The van der Waals surface area contributed by atoms with E-state index >= 15 is 0 Å². The van der Waals surface area contributed by atoms with Crippen LogP contribution in [0.5, 0.6) is 0 Å². The van der Waals surface area contributed by atoms with Crippen LogP contribution in [0.2, 0.25) is 0 Å². The zero-order valence-corrected chi connectivity index (χ0v) is 11.7. The molecule has 0 aliphatic heterocycles. The summed E-state index contributed by atoms with van der Waals surface area (Å²) in [5, 5.41) is 10.3. The third-order valence-corrected chi connectivity index (χ3v) is 2.90. The van der Waals surface area contributed by atoms with Crippen molar-refractivity contribution >= 4 is 11.9 Å². The molecule has 8 nitrogen and oxygen atoms in total. The Morgan fingerprint density at radius 1 is 1.33 bits per heavy atom. The van der Waals surface area contributed by atoms with Gasteiger partial charge in [0.25, 0.3) is 0 Å². The van der Waals surface area contributed by atoms with Gasteiger partial charge in [0.2, 0.25) is 5.91 Å². The summed E-state index contributed by atoms with van der Waals surface area (Å²) >= 11 is 0. The number of rotatable bonds is 5. The maximum Gasteiger partial charge on any atom is 0.360 e. The zero-order chi connectivity index (χ0) is 15.2. The van der Waals surface area contributed by atoms with E-state index < -0.39 is 5.97 Å². The molecule has 8 heteroatoms. The maximum absolute atomic E-state index is 11.8. The van der Waals surface area contributed by atoms with Gasteiger partial charge in [-0.15, -0.1) is 5.10 Å². The van der Waals surface area contributed by atoms with Gasteiger partial charge in [-0.05, 0) is 12.1 Å². The van der Waals surface area contributed by atoms with Crippen molar-refractivity contribution in [3.8, 4) is 11.3 Å². The highest BCUT2D eigenvalue weighted by molar-refractivity contribution is 5.94. The minimum Gasteiger partial charge on any atom is -0.464 e. The van der Waals surface area contributed by atoms with Gasteiger partial charge in [-0.1, -0.05) is 5.21 Å². The van der Waals surface area contributed by atoms with Crippen LogP contribution in [0.4, 0.5) is 0 Å². The quantitative estimate of drug-likeness (QED) is 0.793. The predicted octanol–water partition coefficient (Wildman–Crippen LogP) is 0.263. The molecule has 0 aromatic carbocycles. The first-order valence-corrected chi connectivity index (χ1v) is 6.30. The van der Waals surface area contributed by atoms with Crippen LogP contribution in [0.1, 0.15) is 16.9 Å². The third kappa shape index (κ3) is 3.22. The first kappa shape index (κ1) is 14.6. The largest absolute Gasteiger partial charge is 0.464 e. The van der Waals surface area contributed by atoms with Gasteiger partial charge in [0, 0.05) is 31.4 Å². The van der Waals surface area contributed by atoms with E-state index in [0.717, 1.165) is 5.56 Å². The van der Waals surface area contributed by atoms with Crippen LogP contribution >= 0.6 is 0 Å². The number of nitrogens with one attached hydrogen (secondary N) is 1. The molecule has 0 spiro atoms. The predicted molar refractivity (Wildman–Crippen MR) is 73.3 cm³/mol. The summed E-state index contributed by atoms with van der Waals surface area (Å²) in [6.45, 7) is 0.307. The van der Waals surface area contributed by atoms with E-state index in [4.69, 9.17) is 4.74 Å². The van der Waals surface area contributed by atoms with Gasteiger partial charge in [0.1, 0.15) is 5.69 Å². The number of aromatic nitrogens is 4. The van der Waals surface area contributed by atoms with Crippen LogP contribution in [0.25, 0.3) is 11.3 Å². The van der Waals surface area contributed by atoms with E-state index in [1.54, 1.807) is 31.6 Å². The molecule has 0 bridgehead atoms. The number of carbonyl (C=O) groups is 2. The van der Waals surface area contributed by atoms with E-state index in [-0.39, 0.29) is 18.0 Å². The molecule has 110 valence electrons. The summed E-state index contributed by atoms with van der Waals surface area (Å²) in [5.74, 6) is -0.696. The number of pyridine rings is 1. The second-order valence-corrected chi connectivity index (χ2v) is 4.16. The van der Waals surface area contributed by atoms with Crippen LogP contribution in [0, 0.1) is 0 Å². The second kappa shape index (κ2) is 6.60. The fourth-order valence-electron chi connectivity index (χ4n) is 1.83. The lowest BCUT2D eigenvalue weighted by Gasteiger charge is -2.07. The Morgan fingerprint density at radius 3 is 2.67 bits per heavy atom. The van der Waals surface area contributed by atoms with Gasteiger partial charge in [-0.2, -0.15) is 0 Å². The zero-order valence-electron chi connectivity index (χ0n) is 11.7. The molecular formula is C13H15N5O3. The summed E-state index contributed by atoms with van der Waals surface area (Å²) in [5.41, 5.74) is 1.35. The summed E-state index contributed by atoms with van der Waals surface area (Å²) in [4.78, 5) is 27.1. The van der Waals surface area contributed by atoms with Gasteiger partial charge in [-0.3, -0.25) is 9.78 Å². The highest BCUT2D eigenvalue weighted by Gasteiger charge is 2.21. The van der Waals surface area contributed by atoms with Gasteiger partial charge in [0.05, 0.1) is 13.7 Å². The van der Waals surface area contributed by atoms with Crippen molar-refractivity contribution in [1.82, 2.24) is 25.3 Å². The number of carbonyl (C=O) groups excluding carboxylic acids is 2. The third-order valence-electron chi connectivity index (χ3n) is 2.90. The molecule has 0 aliphatic carbocycles. The van der Waals surface area contributed by atoms with E-state index in [1.165, 1.54) is 11.8 Å². The normalized spacial score (nSPS) is 10.2. The van der Waals surface area contributed by atoms with Crippen LogP contribution in [-0.2, 0) is 16.1 Å². The number of nitrogens with zero attached hydrogens (tertiary/aromatic N) is 4. The highest BCUT2D eigenvalue weighted by atomic mass is 16.5. The van der Waals surface area contributed by atoms with Crippen molar-refractivity contribution in [2.24, 2.45) is 0 Å². The minimum absolute atomic E-state index is 0.112. The molecule has 0 unspecified atom stereocenters. The Kier molecular flexibility index (Phi) is 4.60. The molecule has 21 heavy (non-hydrogen) atoms. The Labute approximate surface area is 121 Å². The van der Waals surface area contributed by atoms with E-state index in [1.807, 2.05) is 0 Å². The molecule has 0 fully saturated rings. The maximum atomic E-state index is 11.8. The SMILES string of the molecule is CNC(=O)CCn1nnc(C(=O)OC)c1-c1ccncc1. The molecule has 2 rings (SSSR count). The molecule has 2 aromatic rings. The summed E-state index contributed by atoms with van der Waals surface area (Å²) in [6.07, 6.45) is 3.44. The van der Waals surface area contributed by atoms with Crippen molar-refractivity contribution in [1.29, 1.82) is 0 Å². The minimum atomic E-state index is -0.576. The number of hydrogen-bond donors (Lipinski definition) is 1. The smallest absolute Gasteiger partial charge is 0.360 e. The molecule has 2 aromatic heterocycles. The average Bonchev–Trinajstić information content (AvgIpc) is 2.96.